The van der Waals surface area contributed by atoms with Gasteiger partial charge >= 0.3 is 35.6 Å². The van der Waals surface area contributed by atoms with E-state index in [2.05, 4.69) is 116 Å². The van der Waals surface area contributed by atoms with E-state index >= 15 is 0 Å². The average molecular weight is 516 g/mol. The summed E-state index contributed by atoms with van der Waals surface area (Å²) in [4.78, 5) is 0. The Morgan fingerprint density at radius 3 is 1.74 bits per heavy atom. The molecule has 0 saturated heterocycles. The fourth-order valence-corrected chi connectivity index (χ4v) is 5.09. The molecule has 0 atom stereocenters. The monoisotopic (exact) mass is 515 g/mol. The molecular weight excluding hydrogens is 493 g/mol. The minimum atomic E-state index is -0.556. The van der Waals surface area contributed by atoms with E-state index < -0.39 is 17.0 Å². The molecule has 0 heterocycles. The molecule has 0 spiro atoms. The van der Waals surface area contributed by atoms with Gasteiger partial charge in [-0.3, -0.25) is 0 Å². The van der Waals surface area contributed by atoms with Gasteiger partial charge in [-0.2, -0.15) is 12.5 Å². The van der Waals surface area contributed by atoms with Crippen molar-refractivity contribution in [3.63, 3.8) is 0 Å². The van der Waals surface area contributed by atoms with E-state index in [1.54, 1.807) is 0 Å². The van der Waals surface area contributed by atoms with E-state index in [0.717, 1.165) is 5.56 Å². The second kappa shape index (κ2) is 10.8. The number of halogens is 2. The Morgan fingerprint density at radius 2 is 1.12 bits per heavy atom. The van der Waals surface area contributed by atoms with Gasteiger partial charge in [0.15, 0.2) is 0 Å². The third kappa shape index (κ3) is 4.31. The fourth-order valence-electron chi connectivity index (χ4n) is 5.09. The molecule has 0 bridgehead atoms. The molecule has 0 radical (unpaired) electrons. The molecule has 6 rings (SSSR count). The van der Waals surface area contributed by atoms with Gasteiger partial charge in [-0.1, -0.05) is 114 Å². The quantitative estimate of drug-likeness (QED) is 0.162. The summed E-state index contributed by atoms with van der Waals surface area (Å²) in [6.45, 7) is 4.64. The maximum atomic E-state index is 4.89. The van der Waals surface area contributed by atoms with Crippen LogP contribution < -0.4 is 0 Å². The largest absolute Gasteiger partial charge is 0.693 e. The van der Waals surface area contributed by atoms with Crippen LogP contribution in [0.4, 0.5) is 0 Å². The zero-order valence-corrected chi connectivity index (χ0v) is 21.6. The Morgan fingerprint density at radius 1 is 0.618 bits per heavy atom. The van der Waals surface area contributed by atoms with Gasteiger partial charge in [-0.15, -0.1) is 17.2 Å². The zero-order valence-electron chi connectivity index (χ0n) is 18.5. The van der Waals surface area contributed by atoms with Crippen LogP contribution in [0, 0.1) is 6.92 Å². The summed E-state index contributed by atoms with van der Waals surface area (Å²) in [6, 6.07) is 39.3. The molecule has 5 aromatic rings. The number of nitrogens with two attached hydrogens (primary N) is 1. The van der Waals surface area contributed by atoms with Crippen LogP contribution in [0.2, 0.25) is 0 Å². The molecule has 0 unspecified atom stereocenters. The van der Waals surface area contributed by atoms with Crippen molar-refractivity contribution < 1.29 is 17.0 Å². The first-order valence-electron chi connectivity index (χ1n) is 10.8. The Labute approximate surface area is 218 Å². The molecule has 2 N–H and O–H groups in total. The van der Waals surface area contributed by atoms with Gasteiger partial charge in [-0.05, 0) is 33.6 Å². The normalized spacial score (nSPS) is 11.6. The molecule has 0 amide bonds. The van der Waals surface area contributed by atoms with Crippen molar-refractivity contribution in [3.05, 3.63) is 145 Å². The fraction of sp³-hybridized carbons (Fsp3) is 0.0333. The molecule has 5 aromatic carbocycles. The second-order valence-electron chi connectivity index (χ2n) is 8.09. The standard InChI is InChI=1S/C30H21.2ClH.H2N.Ti/c1-20-28(30-26-17-9-7-15-24(26)25-16-8-10-18-27(25)30)19-22-13-5-6-14-23(22)29(20)21-11-3-2-4-12-21;;;;/h2-19,30H,1H2;2*1H;1H2;/q-1;;;-1;+2/p-2. The van der Waals surface area contributed by atoms with E-state index in [1.165, 1.54) is 49.7 Å². The van der Waals surface area contributed by atoms with Crippen LogP contribution in [0.1, 0.15) is 28.2 Å². The average Bonchev–Trinajstić information content (AvgIpc) is 3.19. The van der Waals surface area contributed by atoms with Crippen molar-refractivity contribution in [1.82, 2.24) is 0 Å². The molecule has 1 aliphatic rings. The maximum Gasteiger partial charge on any atom is -0.693 e. The summed E-state index contributed by atoms with van der Waals surface area (Å²) in [7, 11) is 9.78. The predicted molar refractivity (Wildman–Crippen MR) is 144 cm³/mol. The first-order chi connectivity index (χ1) is 16.2. The summed E-state index contributed by atoms with van der Waals surface area (Å²) < 4.78 is 0. The van der Waals surface area contributed by atoms with Crippen LogP contribution in [0.15, 0.2) is 109 Å². The summed E-state index contributed by atoms with van der Waals surface area (Å²) in [5.41, 5.74) is 10.3. The topological polar surface area (TPSA) is 33.5 Å². The van der Waals surface area contributed by atoms with Crippen LogP contribution in [-0.4, -0.2) is 0 Å². The predicted octanol–water partition coefficient (Wildman–Crippen LogP) is 9.94. The minimum absolute atomic E-state index is 0. The van der Waals surface area contributed by atoms with Crippen LogP contribution in [0.3, 0.4) is 0 Å². The molecule has 34 heavy (non-hydrogen) atoms. The molecular formula is C30H23Cl2NTi-2. The van der Waals surface area contributed by atoms with Crippen LogP contribution in [0.5, 0.6) is 0 Å². The number of benzene rings is 5. The van der Waals surface area contributed by atoms with Crippen LogP contribution >= 0.6 is 18.6 Å². The van der Waals surface area contributed by atoms with Crippen molar-refractivity contribution in [2.75, 3.05) is 0 Å². The molecule has 0 aromatic heterocycles. The zero-order chi connectivity index (χ0) is 22.8. The third-order valence-corrected chi connectivity index (χ3v) is 6.40. The number of fused-ring (bicyclic) bond motifs is 4. The van der Waals surface area contributed by atoms with Gasteiger partial charge in [0, 0.05) is 0 Å². The smallest absolute Gasteiger partial charge is 0.693 e. The molecule has 0 saturated carbocycles. The molecule has 1 nitrogen and oxygen atoms in total. The van der Waals surface area contributed by atoms with Crippen molar-refractivity contribution in [2.24, 2.45) is 0 Å². The summed E-state index contributed by atoms with van der Waals surface area (Å²) in [5, 5.41) is 2.53. The Bertz CT molecular complexity index is 1390. The molecule has 1 aliphatic carbocycles. The Kier molecular flexibility index (Phi) is 7.83. The van der Waals surface area contributed by atoms with E-state index in [0.29, 0.717) is 0 Å². The first kappa shape index (κ1) is 24.6. The van der Waals surface area contributed by atoms with Gasteiger partial charge in [0.25, 0.3) is 0 Å². The van der Waals surface area contributed by atoms with Gasteiger partial charge in [0.1, 0.15) is 0 Å². The van der Waals surface area contributed by atoms with Crippen molar-refractivity contribution in [3.8, 4) is 22.3 Å². The first-order valence-corrected chi connectivity index (χ1v) is 15.1. The minimum Gasteiger partial charge on any atom is -0.693 e. The Hall–Kier alpha value is -2.52. The van der Waals surface area contributed by atoms with Crippen molar-refractivity contribution in [1.29, 1.82) is 0 Å². The van der Waals surface area contributed by atoms with Gasteiger partial charge < -0.3 is 6.15 Å². The van der Waals surface area contributed by atoms with Gasteiger partial charge in [-0.25, -0.2) is 0 Å². The van der Waals surface area contributed by atoms with E-state index in [4.69, 9.17) is 18.6 Å². The molecule has 4 heteroatoms. The summed E-state index contributed by atoms with van der Waals surface area (Å²) in [6.07, 6.45) is 0. The third-order valence-electron chi connectivity index (χ3n) is 6.40. The van der Waals surface area contributed by atoms with Gasteiger partial charge in [0.05, 0.1) is 0 Å². The number of rotatable bonds is 2. The van der Waals surface area contributed by atoms with E-state index in [1.807, 2.05) is 0 Å². The second-order valence-corrected chi connectivity index (χ2v) is 10.7. The summed E-state index contributed by atoms with van der Waals surface area (Å²) in [5.74, 6) is 0.206. The maximum absolute atomic E-state index is 4.89. The molecule has 168 valence electrons. The van der Waals surface area contributed by atoms with Crippen molar-refractivity contribution >= 4 is 29.4 Å². The van der Waals surface area contributed by atoms with E-state index in [9.17, 15) is 0 Å². The molecule has 0 aliphatic heterocycles. The van der Waals surface area contributed by atoms with Crippen LogP contribution in [0.25, 0.3) is 39.2 Å². The van der Waals surface area contributed by atoms with Crippen LogP contribution in [-0.2, 0) is 17.0 Å². The SMILES string of the molecule is [CH2-]c1c(C2c3ccccc3-c3ccccc32)cc2ccccc2c1-c1ccccc1.[Cl][Ti][Cl].[NH2-]. The van der Waals surface area contributed by atoms with Crippen molar-refractivity contribution in [2.45, 2.75) is 5.92 Å². The molecule has 0 fully saturated rings. The Balaban J connectivity index is 0.000000652. The van der Waals surface area contributed by atoms with Gasteiger partial charge in [0.2, 0.25) is 0 Å². The number of hydrogen-bond donors (Lipinski definition) is 0. The summed E-state index contributed by atoms with van der Waals surface area (Å²) >= 11 is -0.556. The number of hydrogen-bond acceptors (Lipinski definition) is 0. The van der Waals surface area contributed by atoms with E-state index in [-0.39, 0.29) is 12.1 Å².